The highest BCUT2D eigenvalue weighted by molar-refractivity contribution is 5.84. The van der Waals surface area contributed by atoms with Crippen LogP contribution in [0.2, 0.25) is 0 Å². The Labute approximate surface area is 80.4 Å². The van der Waals surface area contributed by atoms with Gasteiger partial charge in [-0.05, 0) is 11.6 Å². The van der Waals surface area contributed by atoms with Gasteiger partial charge in [0.05, 0.1) is 11.0 Å². The molecule has 14 heavy (non-hydrogen) atoms. The molecule has 72 valence electrons. The Kier molecular flexibility index (Phi) is 2.20. The summed E-state index contributed by atoms with van der Waals surface area (Å²) in [5.41, 5.74) is 7.77. The van der Waals surface area contributed by atoms with Crippen molar-refractivity contribution in [2.75, 3.05) is 6.54 Å². The molecule has 0 radical (unpaired) electrons. The number of nitrogens with one attached hydrogen (secondary N) is 2. The van der Waals surface area contributed by atoms with Gasteiger partial charge in [-0.25, -0.2) is 4.79 Å². The summed E-state index contributed by atoms with van der Waals surface area (Å²) in [6.45, 7) is 0.491. The molecule has 0 fully saturated rings. The van der Waals surface area contributed by atoms with Crippen LogP contribution >= 0.6 is 0 Å². The SMILES string of the molecule is NC/C=C/c1cccc2[nH]c(=O)[nH]c12. The van der Waals surface area contributed by atoms with Crippen molar-refractivity contribution in [3.63, 3.8) is 0 Å². The summed E-state index contributed by atoms with van der Waals surface area (Å²) in [6.07, 6.45) is 3.74. The average molecular weight is 189 g/mol. The molecule has 0 bridgehead atoms. The molecule has 0 amide bonds. The lowest BCUT2D eigenvalue weighted by Crippen LogP contribution is -1.99. The molecule has 0 saturated carbocycles. The van der Waals surface area contributed by atoms with Crippen molar-refractivity contribution in [2.24, 2.45) is 5.73 Å². The van der Waals surface area contributed by atoms with Crippen LogP contribution in [0.5, 0.6) is 0 Å². The lowest BCUT2D eigenvalue weighted by molar-refractivity contribution is 1.21. The first-order valence-corrected chi connectivity index (χ1v) is 4.39. The molecule has 0 spiro atoms. The van der Waals surface area contributed by atoms with Crippen molar-refractivity contribution in [3.05, 3.63) is 40.3 Å². The first-order chi connectivity index (χ1) is 6.81. The first kappa shape index (κ1) is 8.77. The van der Waals surface area contributed by atoms with Gasteiger partial charge in [-0.2, -0.15) is 0 Å². The summed E-state index contributed by atoms with van der Waals surface area (Å²) in [6, 6.07) is 5.67. The number of rotatable bonds is 2. The van der Waals surface area contributed by atoms with Crippen LogP contribution < -0.4 is 11.4 Å². The number of H-pyrrole nitrogens is 2. The standard InChI is InChI=1S/C10H11N3O/c11-6-2-4-7-3-1-5-8-9(7)13-10(14)12-8/h1-5H,6,11H2,(H2,12,13,14)/b4-2+. The molecule has 4 N–H and O–H groups in total. The maximum atomic E-state index is 11.1. The highest BCUT2D eigenvalue weighted by Gasteiger charge is 2.00. The van der Waals surface area contributed by atoms with E-state index in [0.29, 0.717) is 6.54 Å². The van der Waals surface area contributed by atoms with Crippen LogP contribution in [0, 0.1) is 0 Å². The predicted molar refractivity (Wildman–Crippen MR) is 57.0 cm³/mol. The second-order valence-electron chi connectivity index (χ2n) is 2.99. The molecule has 2 aromatic rings. The van der Waals surface area contributed by atoms with E-state index in [9.17, 15) is 4.79 Å². The third kappa shape index (κ3) is 1.47. The van der Waals surface area contributed by atoms with Gasteiger partial charge in [0.2, 0.25) is 0 Å². The highest BCUT2D eigenvalue weighted by Crippen LogP contribution is 2.13. The molecular weight excluding hydrogens is 178 g/mol. The topological polar surface area (TPSA) is 74.7 Å². The van der Waals surface area contributed by atoms with Crippen LogP contribution in [0.4, 0.5) is 0 Å². The number of benzene rings is 1. The molecule has 4 nitrogen and oxygen atoms in total. The fourth-order valence-corrected chi connectivity index (χ4v) is 1.41. The summed E-state index contributed by atoms with van der Waals surface area (Å²) in [4.78, 5) is 16.5. The molecule has 4 heteroatoms. The maximum absolute atomic E-state index is 11.1. The van der Waals surface area contributed by atoms with E-state index in [0.717, 1.165) is 16.6 Å². The smallest absolute Gasteiger partial charge is 0.323 e. The summed E-state index contributed by atoms with van der Waals surface area (Å²) in [5, 5.41) is 0. The second kappa shape index (κ2) is 3.51. The zero-order chi connectivity index (χ0) is 9.97. The van der Waals surface area contributed by atoms with E-state index in [1.807, 2.05) is 30.4 Å². The summed E-state index contributed by atoms with van der Waals surface area (Å²) < 4.78 is 0. The zero-order valence-electron chi connectivity index (χ0n) is 7.58. The van der Waals surface area contributed by atoms with E-state index in [4.69, 9.17) is 5.73 Å². The van der Waals surface area contributed by atoms with Gasteiger partial charge in [0.25, 0.3) is 0 Å². The largest absolute Gasteiger partial charge is 0.327 e. The highest BCUT2D eigenvalue weighted by atomic mass is 16.1. The third-order valence-electron chi connectivity index (χ3n) is 2.02. The maximum Gasteiger partial charge on any atom is 0.323 e. The van der Waals surface area contributed by atoms with Gasteiger partial charge in [-0.1, -0.05) is 24.3 Å². The minimum absolute atomic E-state index is 0.186. The number of hydrogen-bond acceptors (Lipinski definition) is 2. The van der Waals surface area contributed by atoms with E-state index >= 15 is 0 Å². The quantitative estimate of drug-likeness (QED) is 0.654. The molecule has 0 unspecified atom stereocenters. The van der Waals surface area contributed by atoms with Crippen LogP contribution in [-0.2, 0) is 0 Å². The number of aromatic amines is 2. The Morgan fingerprint density at radius 3 is 3.00 bits per heavy atom. The Hall–Kier alpha value is -1.81. The molecule has 2 rings (SSSR count). The van der Waals surface area contributed by atoms with Crippen LogP contribution in [0.15, 0.2) is 29.1 Å². The number of aromatic nitrogens is 2. The second-order valence-corrected chi connectivity index (χ2v) is 2.99. The van der Waals surface area contributed by atoms with E-state index in [-0.39, 0.29) is 5.69 Å². The lowest BCUT2D eigenvalue weighted by Gasteiger charge is -1.94. The van der Waals surface area contributed by atoms with Gasteiger partial charge in [0, 0.05) is 6.54 Å². The van der Waals surface area contributed by atoms with Gasteiger partial charge in [-0.15, -0.1) is 0 Å². The number of imidazole rings is 1. The zero-order valence-corrected chi connectivity index (χ0v) is 7.58. The summed E-state index contributed by atoms with van der Waals surface area (Å²) in [7, 11) is 0. The van der Waals surface area contributed by atoms with Crippen molar-refractivity contribution in [1.82, 2.24) is 9.97 Å². The molecule has 1 heterocycles. The number of para-hydroxylation sites is 1. The molecule has 0 aliphatic rings. The van der Waals surface area contributed by atoms with Crippen molar-refractivity contribution < 1.29 is 0 Å². The normalized spacial score (nSPS) is 11.5. The Balaban J connectivity index is 2.64. The van der Waals surface area contributed by atoms with Gasteiger partial charge >= 0.3 is 5.69 Å². The van der Waals surface area contributed by atoms with Gasteiger partial charge in [0.15, 0.2) is 0 Å². The molecule has 1 aromatic carbocycles. The van der Waals surface area contributed by atoms with Crippen LogP contribution in [0.25, 0.3) is 17.1 Å². The van der Waals surface area contributed by atoms with Crippen LogP contribution in [0.1, 0.15) is 5.56 Å². The Morgan fingerprint density at radius 1 is 1.36 bits per heavy atom. The van der Waals surface area contributed by atoms with Crippen molar-refractivity contribution >= 4 is 17.1 Å². The van der Waals surface area contributed by atoms with Crippen LogP contribution in [-0.4, -0.2) is 16.5 Å². The van der Waals surface area contributed by atoms with Gasteiger partial charge in [0.1, 0.15) is 0 Å². The molecule has 0 saturated heterocycles. The molecule has 0 aliphatic carbocycles. The number of fused-ring (bicyclic) bond motifs is 1. The summed E-state index contributed by atoms with van der Waals surface area (Å²) >= 11 is 0. The molecule has 1 aromatic heterocycles. The van der Waals surface area contributed by atoms with E-state index < -0.39 is 0 Å². The Bertz CT molecular complexity index is 521. The molecule has 0 aliphatic heterocycles. The van der Waals surface area contributed by atoms with Gasteiger partial charge < -0.3 is 15.7 Å². The molecular formula is C10H11N3O. The van der Waals surface area contributed by atoms with E-state index in [1.165, 1.54) is 0 Å². The summed E-state index contributed by atoms with van der Waals surface area (Å²) in [5.74, 6) is 0. The fraction of sp³-hybridized carbons (Fsp3) is 0.100. The van der Waals surface area contributed by atoms with Crippen LogP contribution in [0.3, 0.4) is 0 Å². The minimum Gasteiger partial charge on any atom is -0.327 e. The Morgan fingerprint density at radius 2 is 2.21 bits per heavy atom. The number of hydrogen-bond donors (Lipinski definition) is 3. The molecule has 0 atom stereocenters. The van der Waals surface area contributed by atoms with Gasteiger partial charge in [-0.3, -0.25) is 0 Å². The van der Waals surface area contributed by atoms with Crippen molar-refractivity contribution in [1.29, 1.82) is 0 Å². The average Bonchev–Trinajstić information content (AvgIpc) is 2.55. The van der Waals surface area contributed by atoms with E-state index in [2.05, 4.69) is 9.97 Å². The third-order valence-corrected chi connectivity index (χ3v) is 2.02. The lowest BCUT2D eigenvalue weighted by atomic mass is 10.2. The fourth-order valence-electron chi connectivity index (χ4n) is 1.41. The predicted octanol–water partition coefficient (Wildman–Crippen LogP) is 0.828. The first-order valence-electron chi connectivity index (χ1n) is 4.39. The van der Waals surface area contributed by atoms with Crippen molar-refractivity contribution in [2.45, 2.75) is 0 Å². The monoisotopic (exact) mass is 189 g/mol. The number of nitrogens with two attached hydrogens (primary N) is 1. The van der Waals surface area contributed by atoms with E-state index in [1.54, 1.807) is 0 Å². The van der Waals surface area contributed by atoms with Crippen molar-refractivity contribution in [3.8, 4) is 0 Å². The minimum atomic E-state index is -0.186.